The van der Waals surface area contributed by atoms with Crippen LogP contribution in [0.1, 0.15) is 84.5 Å². The van der Waals surface area contributed by atoms with E-state index in [1.54, 1.807) is 24.3 Å². The molecule has 3 aromatic rings. The highest BCUT2D eigenvalue weighted by Crippen LogP contribution is 2.61. The largest absolute Gasteiger partial charge is 0.458 e. The molecule has 0 radical (unpaired) electrons. The number of hydrogen-bond acceptors (Lipinski definition) is 4. The molecule has 204 valence electrons. The fourth-order valence-electron chi connectivity index (χ4n) is 8.13. The Morgan fingerprint density at radius 3 is 1.75 bits per heavy atom. The van der Waals surface area contributed by atoms with Gasteiger partial charge in [0, 0.05) is 11.8 Å². The van der Waals surface area contributed by atoms with Crippen molar-refractivity contribution < 1.29 is 19.1 Å². The lowest BCUT2D eigenvalue weighted by Gasteiger charge is -2.45. The molecule has 0 N–H and O–H groups in total. The lowest BCUT2D eigenvalue weighted by atomic mass is 9.55. The summed E-state index contributed by atoms with van der Waals surface area (Å²) in [5, 5.41) is 0. The molecule has 0 aromatic heterocycles. The number of esters is 1. The van der Waals surface area contributed by atoms with Crippen molar-refractivity contribution >= 4 is 23.5 Å². The van der Waals surface area contributed by atoms with Crippen LogP contribution in [0.15, 0.2) is 72.8 Å². The molecule has 0 unspecified atom stereocenters. The maximum absolute atomic E-state index is 14.0. The van der Waals surface area contributed by atoms with Gasteiger partial charge in [0.25, 0.3) is 0 Å². The first-order valence-corrected chi connectivity index (χ1v) is 14.7. The van der Waals surface area contributed by atoms with Crippen LogP contribution in [0.2, 0.25) is 0 Å². The van der Waals surface area contributed by atoms with Crippen LogP contribution in [0.4, 0.5) is 5.69 Å². The van der Waals surface area contributed by atoms with E-state index in [-0.39, 0.29) is 35.7 Å². The summed E-state index contributed by atoms with van der Waals surface area (Å²) in [5.74, 6) is -0.398. The number of amides is 2. The van der Waals surface area contributed by atoms with Crippen molar-refractivity contribution in [2.75, 3.05) is 4.90 Å². The average Bonchev–Trinajstić information content (AvgIpc) is 3.23. The second-order valence-electron chi connectivity index (χ2n) is 12.6. The third-order valence-electron chi connectivity index (χ3n) is 10.0. The number of nitrogens with zero attached hydrogens (tertiary/aromatic N) is 1. The quantitative estimate of drug-likeness (QED) is 0.277. The molecule has 1 aliphatic heterocycles. The minimum Gasteiger partial charge on any atom is -0.458 e. The van der Waals surface area contributed by atoms with E-state index in [2.05, 4.69) is 45.0 Å². The Morgan fingerprint density at radius 2 is 1.27 bits per heavy atom. The maximum Gasteiger partial charge on any atom is 0.338 e. The Balaban J connectivity index is 1.16. The fraction of sp³-hybridized carbons (Fsp3) is 0.400. The van der Waals surface area contributed by atoms with Crippen LogP contribution in [0.25, 0.3) is 0 Å². The summed E-state index contributed by atoms with van der Waals surface area (Å²) in [7, 11) is 0. The van der Waals surface area contributed by atoms with Gasteiger partial charge in [0.1, 0.15) is 6.10 Å². The van der Waals surface area contributed by atoms with Gasteiger partial charge in [-0.25, -0.2) is 9.69 Å². The van der Waals surface area contributed by atoms with Gasteiger partial charge in [-0.1, -0.05) is 75.7 Å². The van der Waals surface area contributed by atoms with E-state index in [9.17, 15) is 14.4 Å². The summed E-state index contributed by atoms with van der Waals surface area (Å²) in [5.41, 5.74) is 5.59. The van der Waals surface area contributed by atoms with Crippen molar-refractivity contribution in [2.24, 2.45) is 29.6 Å². The highest BCUT2D eigenvalue weighted by molar-refractivity contribution is 6.23. The topological polar surface area (TPSA) is 63.7 Å². The predicted octanol–water partition coefficient (Wildman–Crippen LogP) is 6.70. The number of imide groups is 1. The van der Waals surface area contributed by atoms with Gasteiger partial charge in [0.15, 0.2) is 0 Å². The molecule has 1 saturated heterocycles. The Morgan fingerprint density at radius 1 is 0.775 bits per heavy atom. The molecule has 2 bridgehead atoms. The van der Waals surface area contributed by atoms with Gasteiger partial charge >= 0.3 is 5.97 Å². The van der Waals surface area contributed by atoms with Gasteiger partial charge in [0.2, 0.25) is 11.8 Å². The SMILES string of the molecule is CC(C)[C@H]1CC[C@@H](C)C[C@H]1OC(=O)c1ccc(N2C(=O)[C@H]3C4c5ccccc5C(c5ccccc54)[C@@H]3C2=O)cc1. The van der Waals surface area contributed by atoms with E-state index in [1.165, 1.54) is 11.3 Å². The highest BCUT2D eigenvalue weighted by Gasteiger charge is 2.61. The Hall–Kier alpha value is -3.73. The summed E-state index contributed by atoms with van der Waals surface area (Å²) >= 11 is 0. The van der Waals surface area contributed by atoms with Gasteiger partial charge in [-0.2, -0.15) is 0 Å². The highest BCUT2D eigenvalue weighted by atomic mass is 16.5. The van der Waals surface area contributed by atoms with Crippen LogP contribution < -0.4 is 4.90 Å². The molecule has 2 amide bonds. The number of carbonyl (C=O) groups excluding carboxylic acids is 3. The molecule has 5 heteroatoms. The third-order valence-corrected chi connectivity index (χ3v) is 10.0. The molecular formula is C35H35NO4. The number of anilines is 1. The van der Waals surface area contributed by atoms with Gasteiger partial charge in [-0.05, 0) is 77.1 Å². The molecule has 5 atom stereocenters. The second kappa shape index (κ2) is 9.43. The fourth-order valence-corrected chi connectivity index (χ4v) is 8.13. The number of ether oxygens (including phenoxy) is 1. The Labute approximate surface area is 235 Å². The van der Waals surface area contributed by atoms with Crippen molar-refractivity contribution in [2.45, 2.75) is 58.0 Å². The standard InChI is InChI=1S/C35H35NO4/c1-19(2)23-17-12-20(3)18-28(23)40-35(39)21-13-15-22(16-14-21)36-33(37)31-29-24-8-4-5-9-25(24)30(32(31)34(36)38)27-11-7-6-10-26(27)29/h4-11,13-16,19-20,23,28-32H,12,17-18H2,1-3H3/t20-,23-,28-,29?,30?,31+,32+/m1/s1. The molecule has 0 spiro atoms. The van der Waals surface area contributed by atoms with Crippen LogP contribution in [0.3, 0.4) is 0 Å². The van der Waals surface area contributed by atoms with Gasteiger partial charge in [-0.3, -0.25) is 9.59 Å². The molecule has 5 nitrogen and oxygen atoms in total. The third kappa shape index (κ3) is 3.70. The normalized spacial score (nSPS) is 30.2. The van der Waals surface area contributed by atoms with E-state index in [4.69, 9.17) is 4.74 Å². The summed E-state index contributed by atoms with van der Waals surface area (Å²) in [6.45, 7) is 6.61. The molecule has 3 aromatic carbocycles. The summed E-state index contributed by atoms with van der Waals surface area (Å²) in [6, 6.07) is 23.3. The number of rotatable bonds is 4. The number of carbonyl (C=O) groups is 3. The predicted molar refractivity (Wildman–Crippen MR) is 153 cm³/mol. The monoisotopic (exact) mass is 533 g/mol. The van der Waals surface area contributed by atoms with Gasteiger partial charge < -0.3 is 4.74 Å². The summed E-state index contributed by atoms with van der Waals surface area (Å²) in [6.07, 6.45) is 3.05. The van der Waals surface area contributed by atoms with Crippen LogP contribution in [-0.4, -0.2) is 23.9 Å². The molecule has 2 fully saturated rings. The zero-order chi connectivity index (χ0) is 27.7. The first kappa shape index (κ1) is 25.3. The molecule has 1 heterocycles. The van der Waals surface area contributed by atoms with Crippen molar-refractivity contribution in [3.63, 3.8) is 0 Å². The zero-order valence-electron chi connectivity index (χ0n) is 23.2. The van der Waals surface area contributed by atoms with Gasteiger partial charge in [0.05, 0.1) is 23.1 Å². The maximum atomic E-state index is 14.0. The molecule has 5 aliphatic rings. The lowest BCUT2D eigenvalue weighted by Crippen LogP contribution is -2.41. The molecule has 40 heavy (non-hydrogen) atoms. The van der Waals surface area contributed by atoms with E-state index in [0.717, 1.165) is 35.1 Å². The number of hydrogen-bond donors (Lipinski definition) is 0. The van der Waals surface area contributed by atoms with E-state index in [1.807, 2.05) is 24.3 Å². The van der Waals surface area contributed by atoms with Crippen LogP contribution >= 0.6 is 0 Å². The van der Waals surface area contributed by atoms with Crippen LogP contribution in [0, 0.1) is 29.6 Å². The summed E-state index contributed by atoms with van der Waals surface area (Å²) < 4.78 is 6.03. The Kier molecular flexibility index (Phi) is 5.95. The molecule has 4 aliphatic carbocycles. The zero-order valence-corrected chi connectivity index (χ0v) is 23.2. The molecule has 1 saturated carbocycles. The summed E-state index contributed by atoms with van der Waals surface area (Å²) in [4.78, 5) is 42.5. The minimum atomic E-state index is -0.423. The van der Waals surface area contributed by atoms with Crippen LogP contribution in [-0.2, 0) is 14.3 Å². The van der Waals surface area contributed by atoms with Crippen molar-refractivity contribution in [3.05, 3.63) is 101 Å². The van der Waals surface area contributed by atoms with Crippen LogP contribution in [0.5, 0.6) is 0 Å². The van der Waals surface area contributed by atoms with Gasteiger partial charge in [-0.15, -0.1) is 0 Å². The van der Waals surface area contributed by atoms with Crippen molar-refractivity contribution in [1.82, 2.24) is 0 Å². The lowest BCUT2D eigenvalue weighted by molar-refractivity contribution is -0.122. The van der Waals surface area contributed by atoms with Crippen molar-refractivity contribution in [1.29, 1.82) is 0 Å². The van der Waals surface area contributed by atoms with Crippen molar-refractivity contribution in [3.8, 4) is 0 Å². The molecule has 8 rings (SSSR count). The Bertz CT molecular complexity index is 1390. The first-order valence-electron chi connectivity index (χ1n) is 14.7. The first-order chi connectivity index (χ1) is 19.3. The molecular weight excluding hydrogens is 498 g/mol. The average molecular weight is 534 g/mol. The van der Waals surface area contributed by atoms with E-state index >= 15 is 0 Å². The second-order valence-corrected chi connectivity index (χ2v) is 12.6. The smallest absolute Gasteiger partial charge is 0.338 e. The van der Waals surface area contributed by atoms with E-state index < -0.39 is 11.8 Å². The van der Waals surface area contributed by atoms with E-state index in [0.29, 0.717) is 29.0 Å². The minimum absolute atomic E-state index is 0.0838. The number of benzene rings is 3.